The maximum absolute atomic E-state index is 11.7. The second-order valence-corrected chi connectivity index (χ2v) is 24.0. The molecule has 0 spiro atoms. The molecule has 0 saturated carbocycles. The third kappa shape index (κ3) is 22.4. The second kappa shape index (κ2) is 43.1. The van der Waals surface area contributed by atoms with E-state index in [1.54, 1.807) is 41.1 Å². The molecular weight excluding hydrogens is 1410 g/mol. The number of benzene rings is 8. The van der Waals surface area contributed by atoms with Crippen molar-refractivity contribution in [1.82, 2.24) is 19.1 Å². The predicted octanol–water partition coefficient (Wildman–Crippen LogP) is 9.69. The Balaban J connectivity index is 0.000000306. The van der Waals surface area contributed by atoms with Crippen LogP contribution in [0.4, 0.5) is 0 Å². The second-order valence-electron chi connectivity index (χ2n) is 24.0. The van der Waals surface area contributed by atoms with E-state index in [9.17, 15) is 34.5 Å². The molecule has 548 valence electrons. The Labute approximate surface area is 676 Å². The van der Waals surface area contributed by atoms with E-state index in [1.807, 2.05) is 191 Å². The quantitative estimate of drug-likeness (QED) is 0.0353. The van der Waals surface area contributed by atoms with Gasteiger partial charge < -0.3 is 76.0 Å². The molecule has 3 atom stereocenters. The van der Waals surface area contributed by atoms with Crippen molar-refractivity contribution in [3.05, 3.63) is 216 Å². The standard InChI is InChI=1S/2C35H32N2O6.C8H16O2.C4H8O2.2Na.2H2S/c2*1-4-29(35(38)39)43-31-16-10-15-28-33(31)25-13-8-9-14-27(25)37(28)20-23-17-18-30(32(19-23)40-3)41-21-26-22(2)42-34(36-26)24-11-6-5-7-12-24;1-3-5-6-7(4-2)8(9)10;1-3-6-4(2)5;;;;/h2*5-19,29H,4,20-21H2,1-3H3,(H,38,39);7H,3-6H2,1-2H3,(H,9,10);3H2,1-2H3;;;2*1H2/q;;;;2*+1;;/p-2/t2*29-;;;;;;/m00....../s1. The monoisotopic (exact) mass is 1500 g/mol. The fourth-order valence-corrected chi connectivity index (χ4v) is 11.8. The van der Waals surface area contributed by atoms with Gasteiger partial charge in [-0.3, -0.25) is 4.79 Å². The first-order valence-corrected chi connectivity index (χ1v) is 34.2. The summed E-state index contributed by atoms with van der Waals surface area (Å²) in [6.07, 6.45) is 2.23. The molecule has 12 rings (SSSR count). The number of carboxylic acid groups (broad SMARTS) is 3. The van der Waals surface area contributed by atoms with Crippen LogP contribution in [0.15, 0.2) is 191 Å². The van der Waals surface area contributed by atoms with Gasteiger partial charge in [-0.2, -0.15) is 27.0 Å². The van der Waals surface area contributed by atoms with Gasteiger partial charge in [0.1, 0.15) is 53.7 Å². The summed E-state index contributed by atoms with van der Waals surface area (Å²) in [5, 5.41) is 35.3. The van der Waals surface area contributed by atoms with Gasteiger partial charge in [-0.05, 0) is 148 Å². The number of unbranched alkanes of at least 4 members (excludes halogenated alkanes) is 1. The number of aryl methyl sites for hydroxylation is 2. The van der Waals surface area contributed by atoms with Gasteiger partial charge in [0.05, 0.1) is 37.8 Å². The smallest absolute Gasteiger partial charge is 0.550 e. The van der Waals surface area contributed by atoms with Crippen molar-refractivity contribution in [3.63, 3.8) is 0 Å². The molecule has 4 aromatic heterocycles. The Morgan fingerprint density at radius 1 is 0.500 bits per heavy atom. The molecule has 0 amide bonds. The summed E-state index contributed by atoms with van der Waals surface area (Å²) in [6.45, 7) is 16.5. The summed E-state index contributed by atoms with van der Waals surface area (Å²) in [6, 6.07) is 58.8. The minimum absolute atomic E-state index is 0. The third-order valence-corrected chi connectivity index (χ3v) is 17.1. The molecule has 0 radical (unpaired) electrons. The van der Waals surface area contributed by atoms with Gasteiger partial charge in [0.25, 0.3) is 0 Å². The number of fused-ring (bicyclic) bond motifs is 6. The Bertz CT molecular complexity index is 4530. The van der Waals surface area contributed by atoms with E-state index < -0.39 is 30.1 Å². The summed E-state index contributed by atoms with van der Waals surface area (Å²) in [4.78, 5) is 52.7. The molecule has 0 saturated heterocycles. The predicted molar refractivity (Wildman–Crippen MR) is 409 cm³/mol. The van der Waals surface area contributed by atoms with Crippen LogP contribution in [0.1, 0.15) is 114 Å². The number of esters is 1. The molecule has 24 heteroatoms. The Hall–Kier alpha value is -8.84. The number of hydrogen-bond acceptors (Lipinski definition) is 17. The van der Waals surface area contributed by atoms with Crippen molar-refractivity contribution in [1.29, 1.82) is 0 Å². The van der Waals surface area contributed by atoms with Crippen LogP contribution in [0.25, 0.3) is 66.5 Å². The zero-order valence-corrected chi connectivity index (χ0v) is 68.2. The number of oxazole rings is 2. The number of ether oxygens (including phenoxy) is 7. The third-order valence-electron chi connectivity index (χ3n) is 17.1. The summed E-state index contributed by atoms with van der Waals surface area (Å²) >= 11 is 0. The van der Waals surface area contributed by atoms with Crippen LogP contribution in [0.2, 0.25) is 0 Å². The number of aliphatic carboxylic acids is 3. The topological polar surface area (TPSA) is 261 Å². The SMILES string of the molecule is CCCCC(CC)C(=O)[O-].CCOC(C)=O.CC[C@H](Oc1cccc2c1c1ccccc1n2Cc1ccc(OCc2nc(-c3ccccc3)oc2C)c(OC)c1)C(=O)O.CC[C@H](Oc1cccc2c1c1ccccc1n2Cc1ccc(OCc2nc(-c3ccccc3)oc2C)c(OC)c1)C(=O)[O-].S.S.[Na+].[Na+]. The van der Waals surface area contributed by atoms with E-state index in [1.165, 1.54) is 6.92 Å². The molecule has 0 aliphatic heterocycles. The largest absolute Gasteiger partial charge is 1.00 e. The Morgan fingerprint density at radius 2 is 0.915 bits per heavy atom. The summed E-state index contributed by atoms with van der Waals surface area (Å²) in [5.74, 6) is 2.49. The fraction of sp³-hybridized carbons (Fsp3) is 0.293. The van der Waals surface area contributed by atoms with Gasteiger partial charge in [0.2, 0.25) is 11.8 Å². The van der Waals surface area contributed by atoms with E-state index in [0.29, 0.717) is 96.8 Å². The molecule has 12 aromatic rings. The van der Waals surface area contributed by atoms with E-state index >= 15 is 0 Å². The van der Waals surface area contributed by atoms with Crippen molar-refractivity contribution < 1.29 is 136 Å². The van der Waals surface area contributed by atoms with E-state index in [-0.39, 0.29) is 111 Å². The van der Waals surface area contributed by atoms with Crippen molar-refractivity contribution >= 4 is 94.5 Å². The maximum atomic E-state index is 11.7. The fourth-order valence-electron chi connectivity index (χ4n) is 11.8. The first-order valence-electron chi connectivity index (χ1n) is 34.2. The van der Waals surface area contributed by atoms with Gasteiger partial charge in [-0.15, -0.1) is 0 Å². The van der Waals surface area contributed by atoms with Crippen LogP contribution in [0.5, 0.6) is 34.5 Å². The van der Waals surface area contributed by atoms with Crippen LogP contribution in [-0.4, -0.2) is 81.1 Å². The number of hydrogen-bond donors (Lipinski definition) is 1. The molecule has 0 aliphatic rings. The van der Waals surface area contributed by atoms with Crippen LogP contribution >= 0.6 is 27.0 Å². The Kier molecular flexibility index (Phi) is 35.7. The van der Waals surface area contributed by atoms with Crippen molar-refractivity contribution in [2.75, 3.05) is 20.8 Å². The van der Waals surface area contributed by atoms with Gasteiger partial charge in [0.15, 0.2) is 29.1 Å². The zero-order valence-electron chi connectivity index (χ0n) is 62.2. The van der Waals surface area contributed by atoms with Crippen LogP contribution < -0.4 is 97.7 Å². The molecule has 20 nitrogen and oxygen atoms in total. The molecule has 4 heterocycles. The molecule has 106 heavy (non-hydrogen) atoms. The average molecular weight is 1500 g/mol. The first-order chi connectivity index (χ1) is 49.4. The normalized spacial score (nSPS) is 11.4. The number of para-hydroxylation sites is 2. The minimum atomic E-state index is -1.23. The number of carbonyl (C=O) groups is 4. The number of carboxylic acids is 3. The summed E-state index contributed by atoms with van der Waals surface area (Å²) in [5.41, 5.74) is 9.19. The molecule has 1 N–H and O–H groups in total. The number of aromatic nitrogens is 4. The molecule has 0 aliphatic carbocycles. The van der Waals surface area contributed by atoms with Gasteiger partial charge >= 0.3 is 71.1 Å². The van der Waals surface area contributed by atoms with Crippen LogP contribution in [0.3, 0.4) is 0 Å². The van der Waals surface area contributed by atoms with Crippen molar-refractivity contribution in [2.45, 2.75) is 132 Å². The van der Waals surface area contributed by atoms with Crippen molar-refractivity contribution in [3.8, 4) is 57.4 Å². The molecule has 0 fully saturated rings. The van der Waals surface area contributed by atoms with E-state index in [0.717, 1.165) is 96.5 Å². The first kappa shape index (κ1) is 87.8. The molecule has 8 aromatic carbocycles. The molecule has 1 unspecified atom stereocenters. The zero-order chi connectivity index (χ0) is 72.8. The summed E-state index contributed by atoms with van der Waals surface area (Å²) < 4.78 is 56.2. The average Bonchev–Trinajstić information content (AvgIpc) is 1.60. The van der Waals surface area contributed by atoms with Gasteiger partial charge in [0, 0.05) is 69.7 Å². The number of carbonyl (C=O) groups excluding carboxylic acids is 3. The molecule has 0 bridgehead atoms. The Morgan fingerprint density at radius 3 is 1.27 bits per heavy atom. The maximum Gasteiger partial charge on any atom is 1.00 e. The van der Waals surface area contributed by atoms with Gasteiger partial charge in [-0.25, -0.2) is 14.8 Å². The number of methoxy groups -OCH3 is 2. The number of nitrogens with zero attached hydrogens (tertiary/aromatic N) is 4. The van der Waals surface area contributed by atoms with E-state index in [2.05, 4.69) is 36.8 Å². The van der Waals surface area contributed by atoms with E-state index in [4.69, 9.17) is 37.3 Å². The van der Waals surface area contributed by atoms with Crippen LogP contribution in [-0.2, 0) is 50.2 Å². The summed E-state index contributed by atoms with van der Waals surface area (Å²) in [7, 11) is 3.24. The molecular formula is C82H90N4Na2O16S2. The van der Waals surface area contributed by atoms with Crippen molar-refractivity contribution in [2.24, 2.45) is 5.92 Å². The van der Waals surface area contributed by atoms with Gasteiger partial charge in [-0.1, -0.05) is 138 Å². The minimum Gasteiger partial charge on any atom is -0.550 e. The number of rotatable bonds is 28. The van der Waals surface area contributed by atoms with Crippen LogP contribution in [0, 0.1) is 19.8 Å².